The first kappa shape index (κ1) is 16.3. The molecule has 4 heteroatoms. The molecule has 3 aromatic heterocycles. The van der Waals surface area contributed by atoms with E-state index < -0.39 is 0 Å². The van der Waals surface area contributed by atoms with Crippen molar-refractivity contribution in [2.24, 2.45) is 10.9 Å². The Kier molecular flexibility index (Phi) is 4.65. The molecule has 128 valence electrons. The Balaban J connectivity index is 1.46. The molecule has 0 bridgehead atoms. The number of aryl methyl sites for hydroxylation is 1. The van der Waals surface area contributed by atoms with E-state index in [0.717, 1.165) is 41.3 Å². The monoisotopic (exact) mass is 340 g/mol. The first-order valence-electron chi connectivity index (χ1n) is 8.83. The minimum atomic E-state index is 0.392. The number of rotatable bonds is 4. The van der Waals surface area contributed by atoms with Gasteiger partial charge in [-0.15, -0.1) is 0 Å². The number of aliphatic imine (C=N–C) groups is 1. The molecule has 0 aliphatic carbocycles. The number of aromatic nitrogens is 3. The van der Waals surface area contributed by atoms with Crippen LogP contribution in [0.15, 0.2) is 72.0 Å². The molecule has 0 saturated heterocycles. The van der Waals surface area contributed by atoms with Crippen molar-refractivity contribution in [2.45, 2.75) is 19.8 Å². The van der Waals surface area contributed by atoms with Crippen molar-refractivity contribution in [2.75, 3.05) is 0 Å². The van der Waals surface area contributed by atoms with Crippen LogP contribution in [0, 0.1) is 12.8 Å². The highest BCUT2D eigenvalue weighted by Crippen LogP contribution is 2.24. The van der Waals surface area contributed by atoms with Crippen LogP contribution in [0.4, 0.5) is 0 Å². The Hall–Kier alpha value is -3.14. The summed E-state index contributed by atoms with van der Waals surface area (Å²) in [5.74, 6) is 0.392. The summed E-state index contributed by atoms with van der Waals surface area (Å²) in [7, 11) is 0. The number of hydrogen-bond donors (Lipinski definition) is 0. The van der Waals surface area contributed by atoms with Gasteiger partial charge in [-0.3, -0.25) is 19.9 Å². The van der Waals surface area contributed by atoms with Crippen molar-refractivity contribution in [3.8, 4) is 11.4 Å². The van der Waals surface area contributed by atoms with Crippen LogP contribution >= 0.6 is 0 Å². The van der Waals surface area contributed by atoms with Gasteiger partial charge in [0.1, 0.15) is 0 Å². The summed E-state index contributed by atoms with van der Waals surface area (Å²) in [6.07, 6.45) is 9.74. The van der Waals surface area contributed by atoms with Gasteiger partial charge in [-0.2, -0.15) is 0 Å². The van der Waals surface area contributed by atoms with E-state index in [2.05, 4.69) is 46.3 Å². The molecule has 0 aromatic carbocycles. The van der Waals surface area contributed by atoms with Gasteiger partial charge in [0.25, 0.3) is 0 Å². The quantitative estimate of drug-likeness (QED) is 0.701. The Morgan fingerprint density at radius 3 is 2.27 bits per heavy atom. The van der Waals surface area contributed by atoms with E-state index in [1.807, 2.05) is 36.4 Å². The van der Waals surface area contributed by atoms with E-state index in [1.54, 1.807) is 12.4 Å². The SMILES string of the molecule is Cc1nc(-c2ccccn2)ccc1CC1C=NC(c2ccccn2)=CC1. The molecule has 0 saturated carbocycles. The zero-order chi connectivity index (χ0) is 17.8. The fourth-order valence-corrected chi connectivity index (χ4v) is 3.13. The van der Waals surface area contributed by atoms with Crippen molar-refractivity contribution >= 4 is 11.9 Å². The second-order valence-electron chi connectivity index (χ2n) is 6.44. The second kappa shape index (κ2) is 7.40. The first-order chi connectivity index (χ1) is 12.8. The maximum atomic E-state index is 4.74. The fraction of sp³-hybridized carbons (Fsp3) is 0.182. The molecule has 0 fully saturated rings. The molecule has 1 atom stereocenters. The highest BCUT2D eigenvalue weighted by atomic mass is 14.8. The summed E-state index contributed by atoms with van der Waals surface area (Å²) in [5.41, 5.74) is 6.03. The van der Waals surface area contributed by atoms with E-state index in [4.69, 9.17) is 4.98 Å². The predicted molar refractivity (Wildman–Crippen MR) is 105 cm³/mol. The molecule has 1 aliphatic heterocycles. The van der Waals surface area contributed by atoms with E-state index in [1.165, 1.54) is 5.56 Å². The summed E-state index contributed by atoms with van der Waals surface area (Å²) in [4.78, 5) is 18.1. The van der Waals surface area contributed by atoms with Gasteiger partial charge in [-0.1, -0.05) is 24.3 Å². The van der Waals surface area contributed by atoms with Gasteiger partial charge in [0.05, 0.1) is 22.8 Å². The number of hydrogen-bond acceptors (Lipinski definition) is 4. The van der Waals surface area contributed by atoms with Gasteiger partial charge in [-0.05, 0) is 55.7 Å². The Morgan fingerprint density at radius 1 is 0.885 bits per heavy atom. The van der Waals surface area contributed by atoms with Gasteiger partial charge >= 0.3 is 0 Å². The van der Waals surface area contributed by atoms with Crippen LogP contribution in [-0.2, 0) is 6.42 Å². The average molecular weight is 340 g/mol. The third-order valence-electron chi connectivity index (χ3n) is 4.57. The maximum Gasteiger partial charge on any atom is 0.0889 e. The van der Waals surface area contributed by atoms with Gasteiger partial charge in [0.2, 0.25) is 0 Å². The minimum absolute atomic E-state index is 0.392. The van der Waals surface area contributed by atoms with Crippen molar-refractivity contribution in [1.29, 1.82) is 0 Å². The van der Waals surface area contributed by atoms with Gasteiger partial charge < -0.3 is 0 Å². The highest BCUT2D eigenvalue weighted by molar-refractivity contribution is 5.76. The maximum absolute atomic E-state index is 4.74. The van der Waals surface area contributed by atoms with Crippen LogP contribution in [0.25, 0.3) is 17.1 Å². The molecule has 0 spiro atoms. The smallest absolute Gasteiger partial charge is 0.0889 e. The molecule has 1 unspecified atom stereocenters. The third kappa shape index (κ3) is 3.59. The lowest BCUT2D eigenvalue weighted by molar-refractivity contribution is 0.701. The van der Waals surface area contributed by atoms with Crippen molar-refractivity contribution < 1.29 is 0 Å². The van der Waals surface area contributed by atoms with Crippen LogP contribution in [0.3, 0.4) is 0 Å². The normalized spacial score (nSPS) is 16.3. The number of allylic oxidation sites excluding steroid dienone is 1. The summed E-state index contributed by atoms with van der Waals surface area (Å²) in [6.45, 7) is 2.07. The molecular weight excluding hydrogens is 320 g/mol. The average Bonchev–Trinajstić information content (AvgIpc) is 2.71. The zero-order valence-corrected chi connectivity index (χ0v) is 14.7. The van der Waals surface area contributed by atoms with Gasteiger partial charge in [0, 0.05) is 30.2 Å². The molecule has 4 nitrogen and oxygen atoms in total. The Bertz CT molecular complexity index is 946. The molecule has 3 aromatic rings. The fourth-order valence-electron chi connectivity index (χ4n) is 3.13. The van der Waals surface area contributed by atoms with E-state index in [-0.39, 0.29) is 0 Å². The van der Waals surface area contributed by atoms with Gasteiger partial charge in [-0.25, -0.2) is 0 Å². The lowest BCUT2D eigenvalue weighted by Crippen LogP contribution is -2.10. The summed E-state index contributed by atoms with van der Waals surface area (Å²) in [5, 5.41) is 0. The summed E-state index contributed by atoms with van der Waals surface area (Å²) >= 11 is 0. The van der Waals surface area contributed by atoms with Crippen LogP contribution in [0.2, 0.25) is 0 Å². The second-order valence-corrected chi connectivity index (χ2v) is 6.44. The molecule has 4 rings (SSSR count). The van der Waals surface area contributed by atoms with E-state index in [9.17, 15) is 0 Å². The van der Waals surface area contributed by atoms with Crippen LogP contribution in [0.1, 0.15) is 23.4 Å². The lowest BCUT2D eigenvalue weighted by atomic mass is 9.94. The van der Waals surface area contributed by atoms with Crippen LogP contribution < -0.4 is 0 Å². The van der Waals surface area contributed by atoms with Crippen LogP contribution in [-0.4, -0.2) is 21.2 Å². The van der Waals surface area contributed by atoms with Crippen molar-refractivity contribution in [1.82, 2.24) is 15.0 Å². The highest BCUT2D eigenvalue weighted by Gasteiger charge is 2.14. The molecular formula is C22H20N4. The Morgan fingerprint density at radius 2 is 1.65 bits per heavy atom. The molecule has 26 heavy (non-hydrogen) atoms. The Labute approximate surface area is 153 Å². The molecule has 0 amide bonds. The zero-order valence-electron chi connectivity index (χ0n) is 14.7. The largest absolute Gasteiger partial charge is 0.259 e. The molecule has 0 radical (unpaired) electrons. The van der Waals surface area contributed by atoms with Crippen molar-refractivity contribution in [3.63, 3.8) is 0 Å². The standard InChI is InChI=1S/C22H20N4/c1-16-18(9-11-22(26-16)20-7-3-5-13-24-20)14-17-8-10-21(25-15-17)19-6-2-4-12-23-19/h2-7,9-13,15,17H,8,14H2,1H3. The minimum Gasteiger partial charge on any atom is -0.259 e. The third-order valence-corrected chi connectivity index (χ3v) is 4.57. The summed E-state index contributed by atoms with van der Waals surface area (Å²) < 4.78 is 0. The number of pyridine rings is 3. The van der Waals surface area contributed by atoms with E-state index >= 15 is 0 Å². The molecule has 4 heterocycles. The predicted octanol–water partition coefficient (Wildman–Crippen LogP) is 4.52. The van der Waals surface area contributed by atoms with Crippen molar-refractivity contribution in [3.05, 3.63) is 84.0 Å². The number of nitrogens with zero attached hydrogens (tertiary/aromatic N) is 4. The van der Waals surface area contributed by atoms with E-state index in [0.29, 0.717) is 5.92 Å². The lowest BCUT2D eigenvalue weighted by Gasteiger charge is -2.16. The first-order valence-corrected chi connectivity index (χ1v) is 8.83. The summed E-state index contributed by atoms with van der Waals surface area (Å²) in [6, 6.07) is 16.0. The molecule has 1 aliphatic rings. The topological polar surface area (TPSA) is 51.0 Å². The molecule has 0 N–H and O–H groups in total. The van der Waals surface area contributed by atoms with Gasteiger partial charge in [0.15, 0.2) is 0 Å². The van der Waals surface area contributed by atoms with Crippen LogP contribution in [0.5, 0.6) is 0 Å².